The van der Waals surface area contributed by atoms with Gasteiger partial charge in [0.15, 0.2) is 0 Å². The Hall–Kier alpha value is -2.67. The first kappa shape index (κ1) is 13.8. The second kappa shape index (κ2) is 5.98. The Balaban J connectivity index is 2.15. The van der Waals surface area contributed by atoms with Crippen molar-refractivity contribution >= 4 is 22.8 Å². The van der Waals surface area contributed by atoms with Crippen molar-refractivity contribution in [1.82, 2.24) is 10.8 Å². The molecule has 0 unspecified atom stereocenters. The average molecular weight is 276 g/mol. The van der Waals surface area contributed by atoms with Gasteiger partial charge in [-0.05, 0) is 12.1 Å². The predicted molar refractivity (Wildman–Crippen MR) is 69.4 cm³/mol. The molecule has 3 N–H and O–H groups in total. The molecular formula is C13H12N2O5. The standard InChI is InChI=1S/C13H12N2O5/c16-11(15-19)5-6-14-12(17)9-7-8-3-1-2-4-10(8)20-13(9)18/h1-4,7,19H,5-6H2,(H,14,17)(H,15,16). The van der Waals surface area contributed by atoms with Gasteiger partial charge in [0.05, 0.1) is 0 Å². The van der Waals surface area contributed by atoms with Crippen molar-refractivity contribution in [3.05, 3.63) is 46.3 Å². The number of benzene rings is 1. The fourth-order valence-electron chi connectivity index (χ4n) is 1.66. The first-order valence-corrected chi connectivity index (χ1v) is 5.86. The van der Waals surface area contributed by atoms with E-state index >= 15 is 0 Å². The molecular weight excluding hydrogens is 264 g/mol. The van der Waals surface area contributed by atoms with Crippen molar-refractivity contribution in [2.75, 3.05) is 6.54 Å². The Morgan fingerprint density at radius 2 is 2.00 bits per heavy atom. The van der Waals surface area contributed by atoms with E-state index in [1.165, 1.54) is 11.5 Å². The molecule has 2 rings (SSSR count). The van der Waals surface area contributed by atoms with E-state index in [2.05, 4.69) is 5.32 Å². The number of para-hydroxylation sites is 1. The number of fused-ring (bicyclic) bond motifs is 1. The maximum atomic E-state index is 11.8. The lowest BCUT2D eigenvalue weighted by molar-refractivity contribution is -0.129. The van der Waals surface area contributed by atoms with Gasteiger partial charge in [0, 0.05) is 18.4 Å². The average Bonchev–Trinajstić information content (AvgIpc) is 2.46. The molecule has 0 radical (unpaired) electrons. The lowest BCUT2D eigenvalue weighted by Gasteiger charge is -2.04. The zero-order valence-electron chi connectivity index (χ0n) is 10.4. The topological polar surface area (TPSA) is 109 Å². The van der Waals surface area contributed by atoms with Crippen molar-refractivity contribution in [3.8, 4) is 0 Å². The van der Waals surface area contributed by atoms with Gasteiger partial charge in [-0.3, -0.25) is 14.8 Å². The number of hydroxylamine groups is 1. The molecule has 7 heteroatoms. The summed E-state index contributed by atoms with van der Waals surface area (Å²) in [6, 6.07) is 8.26. The van der Waals surface area contributed by atoms with Crippen molar-refractivity contribution in [2.24, 2.45) is 0 Å². The van der Waals surface area contributed by atoms with Gasteiger partial charge >= 0.3 is 5.63 Å². The molecule has 0 fully saturated rings. The highest BCUT2D eigenvalue weighted by Crippen LogP contribution is 2.12. The Morgan fingerprint density at radius 3 is 2.75 bits per heavy atom. The number of hydrogen-bond acceptors (Lipinski definition) is 5. The van der Waals surface area contributed by atoms with E-state index in [9.17, 15) is 14.4 Å². The molecule has 1 aromatic carbocycles. The van der Waals surface area contributed by atoms with Crippen LogP contribution in [0.15, 0.2) is 39.5 Å². The highest BCUT2D eigenvalue weighted by atomic mass is 16.5. The van der Waals surface area contributed by atoms with Crippen LogP contribution in [-0.4, -0.2) is 23.6 Å². The van der Waals surface area contributed by atoms with E-state index in [1.54, 1.807) is 24.3 Å². The van der Waals surface area contributed by atoms with Crippen LogP contribution >= 0.6 is 0 Å². The zero-order valence-corrected chi connectivity index (χ0v) is 10.4. The van der Waals surface area contributed by atoms with Gasteiger partial charge in [-0.2, -0.15) is 0 Å². The van der Waals surface area contributed by atoms with E-state index in [-0.39, 0.29) is 18.5 Å². The smallest absolute Gasteiger partial charge is 0.349 e. The predicted octanol–water partition coefficient (Wildman–Crippen LogP) is 0.418. The maximum absolute atomic E-state index is 11.8. The minimum atomic E-state index is -0.743. The van der Waals surface area contributed by atoms with E-state index < -0.39 is 17.4 Å². The Bertz CT molecular complexity index is 707. The normalized spacial score (nSPS) is 10.2. The summed E-state index contributed by atoms with van der Waals surface area (Å²) in [6.07, 6.45) is -0.0961. The molecule has 1 aromatic heterocycles. The molecule has 0 aliphatic heterocycles. The third-order valence-electron chi connectivity index (χ3n) is 2.65. The van der Waals surface area contributed by atoms with Gasteiger partial charge in [-0.25, -0.2) is 10.3 Å². The Kier molecular flexibility index (Phi) is 4.11. The lowest BCUT2D eigenvalue weighted by atomic mass is 10.2. The molecule has 0 atom stereocenters. The van der Waals surface area contributed by atoms with Gasteiger partial charge in [-0.1, -0.05) is 18.2 Å². The van der Waals surface area contributed by atoms with Crippen LogP contribution in [0.3, 0.4) is 0 Å². The number of hydrogen-bond donors (Lipinski definition) is 3. The molecule has 7 nitrogen and oxygen atoms in total. The van der Waals surface area contributed by atoms with Crippen LogP contribution in [0.1, 0.15) is 16.8 Å². The van der Waals surface area contributed by atoms with Crippen LogP contribution < -0.4 is 16.4 Å². The first-order valence-electron chi connectivity index (χ1n) is 5.86. The summed E-state index contributed by atoms with van der Waals surface area (Å²) in [7, 11) is 0. The zero-order chi connectivity index (χ0) is 14.5. The monoisotopic (exact) mass is 276 g/mol. The Morgan fingerprint density at radius 1 is 1.25 bits per heavy atom. The van der Waals surface area contributed by atoms with Crippen LogP contribution in [0.2, 0.25) is 0 Å². The van der Waals surface area contributed by atoms with Crippen molar-refractivity contribution < 1.29 is 19.2 Å². The number of rotatable bonds is 4. The first-order chi connectivity index (χ1) is 9.61. The van der Waals surface area contributed by atoms with Gasteiger partial charge in [0.1, 0.15) is 11.1 Å². The second-order valence-electron chi connectivity index (χ2n) is 4.03. The highest BCUT2D eigenvalue weighted by Gasteiger charge is 2.13. The van der Waals surface area contributed by atoms with Gasteiger partial charge in [0.2, 0.25) is 5.91 Å². The molecule has 20 heavy (non-hydrogen) atoms. The third kappa shape index (κ3) is 3.01. The summed E-state index contributed by atoms with van der Waals surface area (Å²) in [6.45, 7) is -0.00249. The fraction of sp³-hybridized carbons (Fsp3) is 0.154. The van der Waals surface area contributed by atoms with E-state index in [0.29, 0.717) is 11.0 Å². The molecule has 2 aromatic rings. The molecule has 0 spiro atoms. The van der Waals surface area contributed by atoms with E-state index in [4.69, 9.17) is 9.62 Å². The molecule has 104 valence electrons. The third-order valence-corrected chi connectivity index (χ3v) is 2.65. The van der Waals surface area contributed by atoms with Crippen LogP contribution in [0.5, 0.6) is 0 Å². The van der Waals surface area contributed by atoms with Gasteiger partial charge < -0.3 is 9.73 Å². The van der Waals surface area contributed by atoms with Crippen molar-refractivity contribution in [1.29, 1.82) is 0 Å². The number of carbonyl (C=O) groups is 2. The maximum Gasteiger partial charge on any atom is 0.349 e. The second-order valence-corrected chi connectivity index (χ2v) is 4.03. The van der Waals surface area contributed by atoms with Gasteiger partial charge in [0.25, 0.3) is 5.91 Å². The molecule has 0 bridgehead atoms. The number of amides is 2. The number of nitrogens with one attached hydrogen (secondary N) is 2. The van der Waals surface area contributed by atoms with Crippen LogP contribution in [0.25, 0.3) is 11.0 Å². The van der Waals surface area contributed by atoms with Crippen molar-refractivity contribution in [2.45, 2.75) is 6.42 Å². The van der Waals surface area contributed by atoms with Crippen LogP contribution in [-0.2, 0) is 4.79 Å². The quantitative estimate of drug-likeness (QED) is 0.426. The van der Waals surface area contributed by atoms with Gasteiger partial charge in [-0.15, -0.1) is 0 Å². The Labute approximate surface area is 113 Å². The molecule has 0 saturated carbocycles. The minimum absolute atomic E-state index is 0.00249. The van der Waals surface area contributed by atoms with Crippen molar-refractivity contribution in [3.63, 3.8) is 0 Å². The minimum Gasteiger partial charge on any atom is -0.422 e. The molecule has 2 amide bonds. The summed E-state index contributed by atoms with van der Waals surface area (Å²) in [5.41, 5.74) is 0.966. The SMILES string of the molecule is O=C(CCNC(=O)c1cc2ccccc2oc1=O)NO. The fourth-order valence-corrected chi connectivity index (χ4v) is 1.66. The highest BCUT2D eigenvalue weighted by molar-refractivity contribution is 5.96. The van der Waals surface area contributed by atoms with Crippen LogP contribution in [0.4, 0.5) is 0 Å². The summed E-state index contributed by atoms with van der Waals surface area (Å²) in [4.78, 5) is 34.3. The molecule has 0 aliphatic carbocycles. The molecule has 0 aliphatic rings. The summed E-state index contributed by atoms with van der Waals surface area (Å²) in [5.74, 6) is -1.26. The van der Waals surface area contributed by atoms with E-state index in [1.807, 2.05) is 0 Å². The van der Waals surface area contributed by atoms with E-state index in [0.717, 1.165) is 0 Å². The summed E-state index contributed by atoms with van der Waals surface area (Å²) in [5, 5.41) is 11.3. The largest absolute Gasteiger partial charge is 0.422 e. The summed E-state index contributed by atoms with van der Waals surface area (Å²) >= 11 is 0. The number of carbonyl (C=O) groups excluding carboxylic acids is 2. The molecule has 1 heterocycles. The molecule has 0 saturated heterocycles. The van der Waals surface area contributed by atoms with Crippen LogP contribution in [0, 0.1) is 0 Å². The summed E-state index contributed by atoms with van der Waals surface area (Å²) < 4.78 is 5.03. The lowest BCUT2D eigenvalue weighted by Crippen LogP contribution is -2.32.